The first-order valence-corrected chi connectivity index (χ1v) is 8.70. The van der Waals surface area contributed by atoms with Gasteiger partial charge in [0.2, 0.25) is 10.0 Å². The summed E-state index contributed by atoms with van der Waals surface area (Å²) in [6.45, 7) is 0.0873. The van der Waals surface area contributed by atoms with Gasteiger partial charge in [-0.15, -0.1) is 11.3 Å². The van der Waals surface area contributed by atoms with E-state index in [-0.39, 0.29) is 12.2 Å². The maximum absolute atomic E-state index is 13.1. The zero-order valence-electron chi connectivity index (χ0n) is 11.8. The van der Waals surface area contributed by atoms with Gasteiger partial charge in [-0.2, -0.15) is 13.2 Å². The van der Waals surface area contributed by atoms with Gasteiger partial charge < -0.3 is 10.4 Å². The lowest BCUT2D eigenvalue weighted by molar-refractivity contribution is -0.139. The second-order valence-corrected chi connectivity index (χ2v) is 7.24. The minimum absolute atomic E-state index is 0.0873. The number of carboxylic acid groups (broad SMARTS) is 1. The molecule has 0 aliphatic carbocycles. The quantitative estimate of drug-likeness (QED) is 0.739. The summed E-state index contributed by atoms with van der Waals surface area (Å²) in [4.78, 5) is 10.7. The standard InChI is InChI=1S/C13H11F3N2O4S2/c14-13(15,16)9-5-10(18-6-7-2-1-3-23-7)8(12(19)20)4-11(9)24(17,21)22/h1-5,18H,6H2,(H,19,20)(H2,17,21,22). The number of rotatable bonds is 5. The Balaban J connectivity index is 2.58. The number of nitrogens with one attached hydrogen (secondary N) is 1. The SMILES string of the molecule is NS(=O)(=O)c1cc(C(=O)O)c(NCc2cccs2)cc1C(F)(F)F. The van der Waals surface area contributed by atoms with E-state index in [4.69, 9.17) is 10.2 Å². The molecule has 0 saturated heterocycles. The molecule has 0 aliphatic rings. The lowest BCUT2D eigenvalue weighted by Gasteiger charge is -2.16. The zero-order chi connectivity index (χ0) is 18.1. The molecule has 1 heterocycles. The van der Waals surface area contributed by atoms with Crippen LogP contribution in [0, 0.1) is 0 Å². The Kier molecular flexibility index (Phi) is 4.87. The van der Waals surface area contributed by atoms with Crippen LogP contribution in [0.4, 0.5) is 18.9 Å². The summed E-state index contributed by atoms with van der Waals surface area (Å²) in [5.74, 6) is -1.58. The molecule has 24 heavy (non-hydrogen) atoms. The number of carbonyl (C=O) groups is 1. The van der Waals surface area contributed by atoms with Crippen LogP contribution in [0.5, 0.6) is 0 Å². The molecule has 2 rings (SSSR count). The van der Waals surface area contributed by atoms with E-state index in [1.165, 1.54) is 11.3 Å². The molecule has 1 aromatic carbocycles. The molecule has 0 atom stereocenters. The first-order chi connectivity index (χ1) is 11.0. The van der Waals surface area contributed by atoms with E-state index in [1.54, 1.807) is 17.5 Å². The molecule has 6 nitrogen and oxygen atoms in total. The van der Waals surface area contributed by atoms with Crippen molar-refractivity contribution in [2.45, 2.75) is 17.6 Å². The van der Waals surface area contributed by atoms with Crippen LogP contribution in [0.1, 0.15) is 20.8 Å². The number of hydrogen-bond acceptors (Lipinski definition) is 5. The Hall–Kier alpha value is -2.11. The molecule has 0 amide bonds. The zero-order valence-corrected chi connectivity index (χ0v) is 13.4. The number of alkyl halides is 3. The summed E-state index contributed by atoms with van der Waals surface area (Å²) in [5, 5.41) is 18.3. The first-order valence-electron chi connectivity index (χ1n) is 6.27. The highest BCUT2D eigenvalue weighted by Gasteiger charge is 2.38. The number of anilines is 1. The molecule has 1 aromatic heterocycles. The number of halogens is 3. The van der Waals surface area contributed by atoms with Gasteiger partial charge in [0, 0.05) is 17.1 Å². The number of hydrogen-bond donors (Lipinski definition) is 3. The molecule has 0 spiro atoms. The van der Waals surface area contributed by atoms with Gasteiger partial charge in [-0.25, -0.2) is 18.4 Å². The molecule has 0 radical (unpaired) electrons. The Morgan fingerprint density at radius 3 is 2.46 bits per heavy atom. The van der Waals surface area contributed by atoms with Crippen molar-refractivity contribution in [3.8, 4) is 0 Å². The number of benzene rings is 1. The van der Waals surface area contributed by atoms with Crippen molar-refractivity contribution in [1.82, 2.24) is 0 Å². The summed E-state index contributed by atoms with van der Waals surface area (Å²) >= 11 is 1.33. The number of carboxylic acids is 1. The van der Waals surface area contributed by atoms with Crippen molar-refractivity contribution in [2.75, 3.05) is 5.32 Å². The fourth-order valence-electron chi connectivity index (χ4n) is 1.96. The van der Waals surface area contributed by atoms with Crippen LogP contribution in [0.25, 0.3) is 0 Å². The van der Waals surface area contributed by atoms with Crippen molar-refractivity contribution >= 4 is 33.0 Å². The van der Waals surface area contributed by atoms with Gasteiger partial charge in [0.25, 0.3) is 0 Å². The molecular weight excluding hydrogens is 369 g/mol. The molecule has 2 aromatic rings. The van der Waals surface area contributed by atoms with Crippen molar-refractivity contribution < 1.29 is 31.5 Å². The second-order valence-electron chi connectivity index (χ2n) is 4.67. The van der Waals surface area contributed by atoms with Crippen LogP contribution >= 0.6 is 11.3 Å². The Labute approximate surface area is 138 Å². The van der Waals surface area contributed by atoms with Crippen molar-refractivity contribution in [3.05, 3.63) is 45.6 Å². The summed E-state index contributed by atoms with van der Waals surface area (Å²) in [7, 11) is -4.76. The average molecular weight is 380 g/mol. The molecular formula is C13H11F3N2O4S2. The van der Waals surface area contributed by atoms with Crippen LogP contribution in [0.3, 0.4) is 0 Å². The Bertz CT molecular complexity index is 862. The highest BCUT2D eigenvalue weighted by molar-refractivity contribution is 7.89. The van der Waals surface area contributed by atoms with Crippen LogP contribution in [-0.2, 0) is 22.7 Å². The van der Waals surface area contributed by atoms with Gasteiger partial charge in [0.15, 0.2) is 0 Å². The van der Waals surface area contributed by atoms with Crippen molar-refractivity contribution in [2.24, 2.45) is 5.14 Å². The number of thiophene rings is 1. The molecule has 11 heteroatoms. The summed E-state index contributed by atoms with van der Waals surface area (Å²) < 4.78 is 62.1. The van der Waals surface area contributed by atoms with E-state index in [2.05, 4.69) is 5.32 Å². The average Bonchev–Trinajstić information content (AvgIpc) is 2.95. The Morgan fingerprint density at radius 1 is 1.33 bits per heavy atom. The molecule has 0 fully saturated rings. The molecule has 0 aliphatic heterocycles. The van der Waals surface area contributed by atoms with Crippen molar-refractivity contribution in [1.29, 1.82) is 0 Å². The van der Waals surface area contributed by atoms with E-state index < -0.39 is 38.2 Å². The molecule has 4 N–H and O–H groups in total. The predicted molar refractivity (Wildman–Crippen MR) is 81.4 cm³/mol. The van der Waals surface area contributed by atoms with E-state index in [1.807, 2.05) is 0 Å². The van der Waals surface area contributed by atoms with E-state index in [0.717, 1.165) is 4.88 Å². The molecule has 130 valence electrons. The smallest absolute Gasteiger partial charge is 0.417 e. The molecule has 0 bridgehead atoms. The van der Waals surface area contributed by atoms with Gasteiger partial charge in [-0.3, -0.25) is 0 Å². The van der Waals surface area contributed by atoms with Gasteiger partial charge in [-0.05, 0) is 23.6 Å². The molecule has 0 unspecified atom stereocenters. The number of nitrogens with two attached hydrogens (primary N) is 1. The largest absolute Gasteiger partial charge is 0.478 e. The lowest BCUT2D eigenvalue weighted by atomic mass is 10.1. The third kappa shape index (κ3) is 4.04. The lowest BCUT2D eigenvalue weighted by Crippen LogP contribution is -2.21. The van der Waals surface area contributed by atoms with Gasteiger partial charge >= 0.3 is 12.1 Å². The van der Waals surface area contributed by atoms with E-state index in [9.17, 15) is 26.4 Å². The van der Waals surface area contributed by atoms with Crippen LogP contribution < -0.4 is 10.5 Å². The van der Waals surface area contributed by atoms with Crippen molar-refractivity contribution in [3.63, 3.8) is 0 Å². The highest BCUT2D eigenvalue weighted by Crippen LogP contribution is 2.37. The number of primary sulfonamides is 1. The fourth-order valence-corrected chi connectivity index (χ4v) is 3.36. The predicted octanol–water partition coefficient (Wildman–Crippen LogP) is 2.72. The second kappa shape index (κ2) is 6.42. The third-order valence-electron chi connectivity index (χ3n) is 3.00. The summed E-state index contributed by atoms with van der Waals surface area (Å²) in [6, 6.07) is 4.29. The third-order valence-corrected chi connectivity index (χ3v) is 4.82. The topological polar surface area (TPSA) is 109 Å². The Morgan fingerprint density at radius 2 is 2.00 bits per heavy atom. The van der Waals surface area contributed by atoms with Gasteiger partial charge in [-0.1, -0.05) is 6.07 Å². The van der Waals surface area contributed by atoms with Gasteiger partial charge in [0.1, 0.15) is 0 Å². The molecule has 0 saturated carbocycles. The van der Waals surface area contributed by atoms with Crippen LogP contribution in [-0.4, -0.2) is 19.5 Å². The monoisotopic (exact) mass is 380 g/mol. The van der Waals surface area contributed by atoms with E-state index >= 15 is 0 Å². The minimum Gasteiger partial charge on any atom is -0.478 e. The fraction of sp³-hybridized carbons (Fsp3) is 0.154. The summed E-state index contributed by atoms with van der Waals surface area (Å²) in [5.41, 5.74) is -2.50. The normalized spacial score (nSPS) is 12.2. The minimum atomic E-state index is -5.02. The summed E-state index contributed by atoms with van der Waals surface area (Å²) in [6.07, 6.45) is -5.02. The maximum atomic E-state index is 13.1. The highest BCUT2D eigenvalue weighted by atomic mass is 32.2. The van der Waals surface area contributed by atoms with Gasteiger partial charge in [0.05, 0.1) is 16.0 Å². The number of sulfonamides is 1. The van der Waals surface area contributed by atoms with E-state index in [0.29, 0.717) is 12.1 Å². The first kappa shape index (κ1) is 18.2. The van der Waals surface area contributed by atoms with Crippen LogP contribution in [0.2, 0.25) is 0 Å². The number of aromatic carboxylic acids is 1. The maximum Gasteiger partial charge on any atom is 0.417 e. The van der Waals surface area contributed by atoms with Crippen LogP contribution in [0.15, 0.2) is 34.5 Å².